The van der Waals surface area contributed by atoms with Crippen molar-refractivity contribution >= 4 is 11.5 Å². The van der Waals surface area contributed by atoms with Gasteiger partial charge in [0.1, 0.15) is 17.3 Å². The first kappa shape index (κ1) is 12.9. The molecule has 0 aliphatic heterocycles. The van der Waals surface area contributed by atoms with E-state index in [0.29, 0.717) is 5.56 Å². The summed E-state index contributed by atoms with van der Waals surface area (Å²) in [6.07, 6.45) is 0. The van der Waals surface area contributed by atoms with Gasteiger partial charge in [0, 0.05) is 11.1 Å². The number of nitrogens with zero attached hydrogens (tertiary/aromatic N) is 1. The Balaban J connectivity index is 2.35. The van der Waals surface area contributed by atoms with Crippen molar-refractivity contribution in [2.75, 3.05) is 0 Å². The Hall–Kier alpha value is -2.56. The van der Waals surface area contributed by atoms with Gasteiger partial charge in [-0.25, -0.2) is 8.78 Å². The molecule has 0 spiro atoms. The standard InChI is InChI=1S/C14H10F2N2O/c15-11-5-1-9(2-6-11)13(18-17)14(19)10-3-7-12(16)8-4-10/h1-8H,17H2/b18-13+. The van der Waals surface area contributed by atoms with Gasteiger partial charge in [-0.05, 0) is 48.5 Å². The van der Waals surface area contributed by atoms with E-state index in [1.54, 1.807) is 0 Å². The number of carbonyl (C=O) groups is 1. The van der Waals surface area contributed by atoms with Crippen LogP contribution in [0, 0.1) is 11.6 Å². The van der Waals surface area contributed by atoms with Crippen LogP contribution in [0.15, 0.2) is 53.6 Å². The molecule has 0 atom stereocenters. The largest absolute Gasteiger partial charge is 0.323 e. The van der Waals surface area contributed by atoms with Crippen molar-refractivity contribution in [3.63, 3.8) is 0 Å². The summed E-state index contributed by atoms with van der Waals surface area (Å²) < 4.78 is 25.6. The first-order chi connectivity index (χ1) is 9.11. The number of benzene rings is 2. The SMILES string of the molecule is N/N=C(/C(=O)c1ccc(F)cc1)c1ccc(F)cc1. The molecule has 0 heterocycles. The number of hydrogen-bond acceptors (Lipinski definition) is 3. The molecule has 2 aromatic carbocycles. The molecule has 96 valence electrons. The van der Waals surface area contributed by atoms with Crippen molar-refractivity contribution in [3.05, 3.63) is 71.3 Å². The molecule has 2 N–H and O–H groups in total. The fourth-order valence-electron chi connectivity index (χ4n) is 1.61. The molecule has 5 heteroatoms. The Morgan fingerprint density at radius 3 is 1.68 bits per heavy atom. The van der Waals surface area contributed by atoms with Crippen molar-refractivity contribution < 1.29 is 13.6 Å². The van der Waals surface area contributed by atoms with Gasteiger partial charge in [0.05, 0.1) is 0 Å². The van der Waals surface area contributed by atoms with Gasteiger partial charge in [-0.1, -0.05) is 0 Å². The van der Waals surface area contributed by atoms with Gasteiger partial charge >= 0.3 is 0 Å². The van der Waals surface area contributed by atoms with Crippen LogP contribution in [0.2, 0.25) is 0 Å². The van der Waals surface area contributed by atoms with Gasteiger partial charge in [0.25, 0.3) is 0 Å². The van der Waals surface area contributed by atoms with Crippen molar-refractivity contribution in [1.29, 1.82) is 0 Å². The number of hydrogen-bond donors (Lipinski definition) is 1. The topological polar surface area (TPSA) is 55.4 Å². The van der Waals surface area contributed by atoms with Crippen molar-refractivity contribution in [3.8, 4) is 0 Å². The molecule has 0 fully saturated rings. The number of ketones is 1. The van der Waals surface area contributed by atoms with Gasteiger partial charge < -0.3 is 5.84 Å². The van der Waals surface area contributed by atoms with Crippen LogP contribution < -0.4 is 5.84 Å². The van der Waals surface area contributed by atoms with E-state index in [-0.39, 0.29) is 11.3 Å². The van der Waals surface area contributed by atoms with Crippen LogP contribution in [0.4, 0.5) is 8.78 Å². The van der Waals surface area contributed by atoms with Gasteiger partial charge in [-0.3, -0.25) is 4.79 Å². The summed E-state index contributed by atoms with van der Waals surface area (Å²) in [5.74, 6) is 3.90. The summed E-state index contributed by atoms with van der Waals surface area (Å²) in [5, 5.41) is 3.44. The number of rotatable bonds is 3. The summed E-state index contributed by atoms with van der Waals surface area (Å²) >= 11 is 0. The highest BCUT2D eigenvalue weighted by atomic mass is 19.1. The zero-order valence-corrected chi connectivity index (χ0v) is 9.81. The first-order valence-corrected chi connectivity index (χ1v) is 5.46. The molecule has 2 rings (SSSR count). The number of Topliss-reactive ketones (excluding diaryl/α,β-unsaturated/α-hetero) is 1. The van der Waals surface area contributed by atoms with Gasteiger partial charge in [-0.15, -0.1) is 0 Å². The molecule has 0 amide bonds. The van der Waals surface area contributed by atoms with Gasteiger partial charge in [0.2, 0.25) is 5.78 Å². The number of nitrogens with two attached hydrogens (primary N) is 1. The molecule has 0 bridgehead atoms. The molecule has 3 nitrogen and oxygen atoms in total. The zero-order valence-electron chi connectivity index (χ0n) is 9.81. The molecule has 2 aromatic rings. The van der Waals surface area contributed by atoms with E-state index in [9.17, 15) is 13.6 Å². The highest BCUT2D eigenvalue weighted by Gasteiger charge is 2.16. The molecule has 0 aromatic heterocycles. The maximum Gasteiger partial charge on any atom is 0.213 e. The molecular weight excluding hydrogens is 250 g/mol. The lowest BCUT2D eigenvalue weighted by Crippen LogP contribution is -2.17. The van der Waals surface area contributed by atoms with Crippen LogP contribution in [-0.4, -0.2) is 11.5 Å². The van der Waals surface area contributed by atoms with Crippen molar-refractivity contribution in [2.24, 2.45) is 10.9 Å². The van der Waals surface area contributed by atoms with E-state index in [2.05, 4.69) is 5.10 Å². The Morgan fingerprint density at radius 1 is 0.842 bits per heavy atom. The Kier molecular flexibility index (Phi) is 3.66. The Labute approximate surface area is 108 Å². The second kappa shape index (κ2) is 5.39. The molecule has 0 unspecified atom stereocenters. The summed E-state index contributed by atoms with van der Waals surface area (Å²) in [6.45, 7) is 0. The maximum atomic E-state index is 12.8. The van der Waals surface area contributed by atoms with Crippen LogP contribution in [0.3, 0.4) is 0 Å². The number of hydrazone groups is 1. The minimum Gasteiger partial charge on any atom is -0.323 e. The summed E-state index contributed by atoms with van der Waals surface area (Å²) in [5.41, 5.74) is 0.653. The third-order valence-corrected chi connectivity index (χ3v) is 2.57. The highest BCUT2D eigenvalue weighted by molar-refractivity contribution is 6.51. The fourth-order valence-corrected chi connectivity index (χ4v) is 1.61. The summed E-state index contributed by atoms with van der Waals surface area (Å²) in [4.78, 5) is 12.1. The van der Waals surface area contributed by atoms with E-state index < -0.39 is 17.4 Å². The third-order valence-electron chi connectivity index (χ3n) is 2.57. The van der Waals surface area contributed by atoms with E-state index in [1.807, 2.05) is 0 Å². The van der Waals surface area contributed by atoms with Crippen LogP contribution in [-0.2, 0) is 0 Å². The van der Waals surface area contributed by atoms with E-state index in [1.165, 1.54) is 48.5 Å². The van der Waals surface area contributed by atoms with E-state index in [0.717, 1.165) is 0 Å². The summed E-state index contributed by atoms with van der Waals surface area (Å²) in [6, 6.07) is 10.2. The Bertz CT molecular complexity index is 619. The molecule has 19 heavy (non-hydrogen) atoms. The second-order valence-corrected chi connectivity index (χ2v) is 3.82. The van der Waals surface area contributed by atoms with Crippen LogP contribution >= 0.6 is 0 Å². The highest BCUT2D eigenvalue weighted by Crippen LogP contribution is 2.10. The molecule has 0 saturated heterocycles. The first-order valence-electron chi connectivity index (χ1n) is 5.46. The maximum absolute atomic E-state index is 12.8. The fraction of sp³-hybridized carbons (Fsp3) is 0. The zero-order chi connectivity index (χ0) is 13.8. The van der Waals surface area contributed by atoms with Crippen LogP contribution in [0.5, 0.6) is 0 Å². The molecule has 0 aliphatic carbocycles. The van der Waals surface area contributed by atoms with Crippen molar-refractivity contribution in [2.45, 2.75) is 0 Å². The van der Waals surface area contributed by atoms with Crippen molar-refractivity contribution in [1.82, 2.24) is 0 Å². The lowest BCUT2D eigenvalue weighted by atomic mass is 10.0. The van der Waals surface area contributed by atoms with Crippen LogP contribution in [0.25, 0.3) is 0 Å². The molecule has 0 aliphatic rings. The van der Waals surface area contributed by atoms with Gasteiger partial charge in [0.15, 0.2) is 0 Å². The number of carbonyl (C=O) groups excluding carboxylic acids is 1. The predicted molar refractivity (Wildman–Crippen MR) is 67.9 cm³/mol. The van der Waals surface area contributed by atoms with Gasteiger partial charge in [-0.2, -0.15) is 5.10 Å². The van der Waals surface area contributed by atoms with E-state index >= 15 is 0 Å². The minimum absolute atomic E-state index is 0.00777. The lowest BCUT2D eigenvalue weighted by molar-refractivity contribution is 0.106. The normalized spacial score (nSPS) is 11.4. The third kappa shape index (κ3) is 2.82. The number of halogens is 2. The minimum atomic E-state index is -0.450. The molecular formula is C14H10F2N2O. The van der Waals surface area contributed by atoms with E-state index in [4.69, 9.17) is 5.84 Å². The molecule has 0 radical (unpaired) electrons. The predicted octanol–water partition coefficient (Wildman–Crippen LogP) is 2.51. The Morgan fingerprint density at radius 2 is 1.26 bits per heavy atom. The second-order valence-electron chi connectivity index (χ2n) is 3.82. The monoisotopic (exact) mass is 260 g/mol. The lowest BCUT2D eigenvalue weighted by Gasteiger charge is -2.04. The quantitative estimate of drug-likeness (QED) is 0.399. The smallest absolute Gasteiger partial charge is 0.213 e. The average Bonchev–Trinajstić information content (AvgIpc) is 2.42. The average molecular weight is 260 g/mol. The molecule has 0 saturated carbocycles. The van der Waals surface area contributed by atoms with Crippen LogP contribution in [0.1, 0.15) is 15.9 Å². The summed E-state index contributed by atoms with van der Waals surface area (Å²) in [7, 11) is 0.